The normalized spacial score (nSPS) is 10.5. The summed E-state index contributed by atoms with van der Waals surface area (Å²) in [7, 11) is 0. The van der Waals surface area contributed by atoms with E-state index in [-0.39, 0.29) is 5.69 Å². The molecule has 1 heterocycles. The maximum Gasteiger partial charge on any atom is 0.419 e. The van der Waals surface area contributed by atoms with Gasteiger partial charge in [0.25, 0.3) is 0 Å². The SMILES string of the molecule is N#Cc1[nH]cc(C(F)(F)F)c1C#N. The van der Waals surface area contributed by atoms with E-state index in [1.807, 2.05) is 0 Å². The molecule has 1 rings (SSSR count). The van der Waals surface area contributed by atoms with Crippen LogP contribution in [0.5, 0.6) is 0 Å². The zero-order valence-electron chi connectivity index (χ0n) is 6.11. The van der Waals surface area contributed by atoms with Gasteiger partial charge in [-0.1, -0.05) is 0 Å². The first kappa shape index (κ1) is 9.14. The zero-order chi connectivity index (χ0) is 10.1. The molecule has 3 nitrogen and oxygen atoms in total. The van der Waals surface area contributed by atoms with Gasteiger partial charge in [-0.05, 0) is 0 Å². The van der Waals surface area contributed by atoms with Crippen LogP contribution >= 0.6 is 0 Å². The number of hydrogen-bond donors (Lipinski definition) is 1. The Morgan fingerprint density at radius 3 is 2.23 bits per heavy atom. The number of nitriles is 2. The van der Waals surface area contributed by atoms with E-state index in [2.05, 4.69) is 4.98 Å². The van der Waals surface area contributed by atoms with E-state index in [1.165, 1.54) is 12.1 Å². The molecular formula is C7H2F3N3. The number of H-pyrrole nitrogens is 1. The van der Waals surface area contributed by atoms with Gasteiger partial charge in [0.05, 0.1) is 5.56 Å². The molecule has 0 fully saturated rings. The Morgan fingerprint density at radius 1 is 1.23 bits per heavy atom. The third kappa shape index (κ3) is 1.47. The van der Waals surface area contributed by atoms with Crippen molar-refractivity contribution in [2.45, 2.75) is 6.18 Å². The van der Waals surface area contributed by atoms with E-state index in [4.69, 9.17) is 10.5 Å². The third-order valence-corrected chi connectivity index (χ3v) is 1.41. The molecule has 0 spiro atoms. The van der Waals surface area contributed by atoms with Gasteiger partial charge in [-0.15, -0.1) is 0 Å². The lowest BCUT2D eigenvalue weighted by Crippen LogP contribution is -2.05. The molecule has 0 unspecified atom stereocenters. The molecule has 1 aromatic rings. The van der Waals surface area contributed by atoms with Crippen molar-refractivity contribution in [1.29, 1.82) is 10.5 Å². The average molecular weight is 185 g/mol. The highest BCUT2D eigenvalue weighted by atomic mass is 19.4. The highest BCUT2D eigenvalue weighted by molar-refractivity contribution is 5.48. The van der Waals surface area contributed by atoms with Crippen molar-refractivity contribution in [2.75, 3.05) is 0 Å². The molecule has 13 heavy (non-hydrogen) atoms. The summed E-state index contributed by atoms with van der Waals surface area (Å²) in [5.74, 6) is 0. The number of aromatic nitrogens is 1. The van der Waals surface area contributed by atoms with Crippen LogP contribution in [0.1, 0.15) is 16.8 Å². The summed E-state index contributed by atoms with van der Waals surface area (Å²) in [6, 6.07) is 2.79. The van der Waals surface area contributed by atoms with E-state index < -0.39 is 17.3 Å². The number of hydrogen-bond acceptors (Lipinski definition) is 2. The van der Waals surface area contributed by atoms with E-state index in [9.17, 15) is 13.2 Å². The summed E-state index contributed by atoms with van der Waals surface area (Å²) in [4.78, 5) is 2.08. The molecule has 1 aromatic heterocycles. The van der Waals surface area contributed by atoms with Gasteiger partial charge in [0.2, 0.25) is 0 Å². The van der Waals surface area contributed by atoms with Gasteiger partial charge >= 0.3 is 6.18 Å². The molecule has 0 aliphatic carbocycles. The molecule has 0 bridgehead atoms. The summed E-state index contributed by atoms with van der Waals surface area (Å²) in [6.07, 6.45) is -3.99. The number of halogens is 3. The topological polar surface area (TPSA) is 63.4 Å². The van der Waals surface area contributed by atoms with Crippen LogP contribution in [0.4, 0.5) is 13.2 Å². The van der Waals surface area contributed by atoms with Gasteiger partial charge in [-0.2, -0.15) is 23.7 Å². The van der Waals surface area contributed by atoms with Crippen LogP contribution in [0.3, 0.4) is 0 Å². The van der Waals surface area contributed by atoms with E-state index >= 15 is 0 Å². The van der Waals surface area contributed by atoms with Gasteiger partial charge in [0, 0.05) is 6.20 Å². The quantitative estimate of drug-likeness (QED) is 0.669. The van der Waals surface area contributed by atoms with Gasteiger partial charge in [0.1, 0.15) is 23.4 Å². The fourth-order valence-electron chi connectivity index (χ4n) is 0.851. The van der Waals surface area contributed by atoms with Gasteiger partial charge < -0.3 is 4.98 Å². The highest BCUT2D eigenvalue weighted by Gasteiger charge is 2.35. The second-order valence-corrected chi connectivity index (χ2v) is 2.17. The smallest absolute Gasteiger partial charge is 0.351 e. The van der Waals surface area contributed by atoms with Crippen LogP contribution in [0.25, 0.3) is 0 Å². The molecule has 0 aliphatic rings. The second kappa shape index (κ2) is 2.83. The third-order valence-electron chi connectivity index (χ3n) is 1.41. The van der Waals surface area contributed by atoms with Crippen molar-refractivity contribution >= 4 is 0 Å². The standard InChI is InChI=1S/C7H2F3N3/c8-7(9,10)5-3-13-6(2-12)4(5)1-11/h3,13H. The number of nitrogens with one attached hydrogen (secondary N) is 1. The van der Waals surface area contributed by atoms with Crippen molar-refractivity contribution in [3.05, 3.63) is 23.0 Å². The van der Waals surface area contributed by atoms with Crippen LogP contribution < -0.4 is 0 Å². The number of alkyl halides is 3. The van der Waals surface area contributed by atoms with E-state index in [1.54, 1.807) is 0 Å². The Bertz CT molecular complexity index is 402. The van der Waals surface area contributed by atoms with Gasteiger partial charge in [0.15, 0.2) is 0 Å². The predicted octanol–water partition coefficient (Wildman–Crippen LogP) is 1.78. The molecule has 0 aromatic carbocycles. The molecule has 0 atom stereocenters. The highest BCUT2D eigenvalue weighted by Crippen LogP contribution is 2.32. The Labute approximate surface area is 71.0 Å². The van der Waals surface area contributed by atoms with Crippen molar-refractivity contribution in [3.63, 3.8) is 0 Å². The number of nitrogens with zero attached hydrogens (tertiary/aromatic N) is 2. The lowest BCUT2D eigenvalue weighted by atomic mass is 10.1. The molecule has 0 saturated heterocycles. The largest absolute Gasteiger partial charge is 0.419 e. The summed E-state index contributed by atoms with van der Waals surface area (Å²) < 4.78 is 36.3. The second-order valence-electron chi connectivity index (χ2n) is 2.17. The zero-order valence-corrected chi connectivity index (χ0v) is 6.11. The predicted molar refractivity (Wildman–Crippen MR) is 35.2 cm³/mol. The summed E-state index contributed by atoms with van der Waals surface area (Å²) >= 11 is 0. The average Bonchev–Trinajstić information content (AvgIpc) is 2.45. The molecule has 0 amide bonds. The maximum absolute atomic E-state index is 12.1. The summed E-state index contributed by atoms with van der Waals surface area (Å²) in [6.45, 7) is 0. The molecule has 66 valence electrons. The molecule has 6 heteroatoms. The Balaban J connectivity index is 3.37. The van der Waals surface area contributed by atoms with Crippen LogP contribution in [-0.2, 0) is 6.18 Å². The first-order valence-electron chi connectivity index (χ1n) is 3.09. The Kier molecular flexibility index (Phi) is 1.99. The van der Waals surface area contributed by atoms with E-state index in [0.717, 1.165) is 0 Å². The van der Waals surface area contributed by atoms with Crippen LogP contribution in [0.15, 0.2) is 6.20 Å². The van der Waals surface area contributed by atoms with Crippen LogP contribution in [0.2, 0.25) is 0 Å². The van der Waals surface area contributed by atoms with Gasteiger partial charge in [-0.25, -0.2) is 0 Å². The minimum atomic E-state index is -4.60. The van der Waals surface area contributed by atoms with Crippen molar-refractivity contribution < 1.29 is 13.2 Å². The van der Waals surface area contributed by atoms with Gasteiger partial charge in [-0.3, -0.25) is 0 Å². The summed E-state index contributed by atoms with van der Waals surface area (Å²) in [5, 5.41) is 16.7. The molecule has 0 saturated carbocycles. The Morgan fingerprint density at radius 2 is 1.85 bits per heavy atom. The number of aromatic amines is 1. The van der Waals surface area contributed by atoms with Crippen molar-refractivity contribution in [3.8, 4) is 12.1 Å². The maximum atomic E-state index is 12.1. The van der Waals surface area contributed by atoms with E-state index in [0.29, 0.717) is 6.20 Å². The van der Waals surface area contributed by atoms with Crippen LogP contribution in [0, 0.1) is 22.7 Å². The number of rotatable bonds is 0. The molecular weight excluding hydrogens is 183 g/mol. The minimum Gasteiger partial charge on any atom is -0.351 e. The summed E-state index contributed by atoms with van der Waals surface area (Å²) in [5.41, 5.74) is -2.13. The van der Waals surface area contributed by atoms with Crippen molar-refractivity contribution in [2.24, 2.45) is 0 Å². The van der Waals surface area contributed by atoms with Crippen molar-refractivity contribution in [1.82, 2.24) is 4.98 Å². The fraction of sp³-hybridized carbons (Fsp3) is 0.143. The molecule has 0 radical (unpaired) electrons. The first-order valence-corrected chi connectivity index (χ1v) is 3.09. The van der Waals surface area contributed by atoms with Crippen LogP contribution in [-0.4, -0.2) is 4.98 Å². The fourth-order valence-corrected chi connectivity index (χ4v) is 0.851. The molecule has 0 aliphatic heterocycles. The minimum absolute atomic E-state index is 0.366. The lowest BCUT2D eigenvalue weighted by Gasteiger charge is -2.02. The monoisotopic (exact) mass is 185 g/mol. The molecule has 1 N–H and O–H groups in total. The Hall–Kier alpha value is -1.95. The lowest BCUT2D eigenvalue weighted by molar-refractivity contribution is -0.137. The first-order chi connectivity index (χ1) is 6.00.